The van der Waals surface area contributed by atoms with E-state index in [0.717, 1.165) is 0 Å². The summed E-state index contributed by atoms with van der Waals surface area (Å²) < 4.78 is 4.55. The first-order chi connectivity index (χ1) is 8.99. The third kappa shape index (κ3) is 4.13. The summed E-state index contributed by atoms with van der Waals surface area (Å²) in [5.41, 5.74) is 1.06. The van der Waals surface area contributed by atoms with E-state index in [1.165, 1.54) is 7.11 Å². The van der Waals surface area contributed by atoms with Gasteiger partial charge in [-0.2, -0.15) is 0 Å². The Labute approximate surface area is 117 Å². The fraction of sp³-hybridized carbons (Fsp3) is 0.385. The maximum atomic E-state index is 12.1. The second kappa shape index (κ2) is 6.99. The van der Waals surface area contributed by atoms with Crippen molar-refractivity contribution in [2.75, 3.05) is 19.0 Å². The van der Waals surface area contributed by atoms with Crippen LogP contribution in [0.15, 0.2) is 18.2 Å². The van der Waals surface area contributed by atoms with Crippen molar-refractivity contribution >= 4 is 29.2 Å². The second-order valence-corrected chi connectivity index (χ2v) is 4.37. The predicted octanol–water partition coefficient (Wildman–Crippen LogP) is 2.06. The Kier molecular flexibility index (Phi) is 5.63. The van der Waals surface area contributed by atoms with Gasteiger partial charge in [0.25, 0.3) is 5.91 Å². The van der Waals surface area contributed by atoms with Crippen LogP contribution in [-0.4, -0.2) is 31.6 Å². The van der Waals surface area contributed by atoms with Crippen molar-refractivity contribution in [3.63, 3.8) is 0 Å². The lowest BCUT2D eigenvalue weighted by atomic mass is 10.1. The summed E-state index contributed by atoms with van der Waals surface area (Å²) in [6.45, 7) is 4.16. The van der Waals surface area contributed by atoms with Crippen molar-refractivity contribution < 1.29 is 14.3 Å². The highest BCUT2D eigenvalue weighted by Gasteiger charge is 2.19. The van der Waals surface area contributed by atoms with Crippen LogP contribution in [0.2, 0.25) is 5.02 Å². The quantitative estimate of drug-likeness (QED) is 0.812. The average Bonchev–Trinajstić information content (AvgIpc) is 2.39. The van der Waals surface area contributed by atoms with E-state index in [-0.39, 0.29) is 5.91 Å². The number of hydrogen-bond acceptors (Lipinski definition) is 4. The lowest BCUT2D eigenvalue weighted by Gasteiger charge is -2.14. The molecule has 0 aliphatic carbocycles. The summed E-state index contributed by atoms with van der Waals surface area (Å²) in [5, 5.41) is 6.08. The van der Waals surface area contributed by atoms with Crippen molar-refractivity contribution in [3.8, 4) is 0 Å². The minimum absolute atomic E-state index is 0.378. The minimum Gasteiger partial charge on any atom is -0.467 e. The van der Waals surface area contributed by atoms with Gasteiger partial charge in [-0.3, -0.25) is 4.79 Å². The van der Waals surface area contributed by atoms with Crippen LogP contribution in [0.1, 0.15) is 24.2 Å². The fourth-order valence-corrected chi connectivity index (χ4v) is 1.73. The lowest BCUT2D eigenvalue weighted by molar-refractivity contribution is -0.142. The smallest absolute Gasteiger partial charge is 0.328 e. The molecular formula is C13H17ClN2O3. The van der Waals surface area contributed by atoms with E-state index in [2.05, 4.69) is 15.4 Å². The number of halogens is 1. The summed E-state index contributed by atoms with van der Waals surface area (Å²) in [4.78, 5) is 23.4. The highest BCUT2D eigenvalue weighted by molar-refractivity contribution is 6.31. The SMILES string of the molecule is CCNc1ccc(Cl)cc1C(=O)N[C@H](C)C(=O)OC. The molecular weight excluding hydrogens is 268 g/mol. The summed E-state index contributed by atoms with van der Waals surface area (Å²) in [6.07, 6.45) is 0. The Balaban J connectivity index is 2.92. The molecule has 0 saturated heterocycles. The number of carbonyl (C=O) groups excluding carboxylic acids is 2. The molecule has 0 aliphatic rings. The van der Waals surface area contributed by atoms with Crippen molar-refractivity contribution in [3.05, 3.63) is 28.8 Å². The molecule has 0 aliphatic heterocycles. The monoisotopic (exact) mass is 284 g/mol. The molecule has 0 spiro atoms. The number of benzene rings is 1. The standard InChI is InChI=1S/C13H17ClN2O3/c1-4-15-11-6-5-9(14)7-10(11)12(17)16-8(2)13(18)19-3/h5-8,15H,4H2,1-3H3,(H,16,17)/t8-/m1/s1. The zero-order valence-corrected chi connectivity index (χ0v) is 11.9. The van der Waals surface area contributed by atoms with E-state index in [1.807, 2.05) is 6.92 Å². The molecule has 0 saturated carbocycles. The van der Waals surface area contributed by atoms with E-state index in [9.17, 15) is 9.59 Å². The van der Waals surface area contributed by atoms with Gasteiger partial charge < -0.3 is 15.4 Å². The maximum absolute atomic E-state index is 12.1. The molecule has 6 heteroatoms. The number of methoxy groups -OCH3 is 1. The topological polar surface area (TPSA) is 67.4 Å². The molecule has 0 aromatic heterocycles. The van der Waals surface area contributed by atoms with Crippen LogP contribution in [0.5, 0.6) is 0 Å². The lowest BCUT2D eigenvalue weighted by Crippen LogP contribution is -2.39. The van der Waals surface area contributed by atoms with Crippen molar-refractivity contribution in [2.24, 2.45) is 0 Å². The number of rotatable bonds is 5. The van der Waals surface area contributed by atoms with Gasteiger partial charge >= 0.3 is 5.97 Å². The summed E-state index contributed by atoms with van der Waals surface area (Å²) in [5.74, 6) is -0.878. The van der Waals surface area contributed by atoms with Gasteiger partial charge in [0.1, 0.15) is 6.04 Å². The Morgan fingerprint density at radius 2 is 2.11 bits per heavy atom. The number of amides is 1. The minimum atomic E-state index is -0.717. The van der Waals surface area contributed by atoms with Crippen molar-refractivity contribution in [1.82, 2.24) is 5.32 Å². The van der Waals surface area contributed by atoms with Gasteiger partial charge in [0.15, 0.2) is 0 Å². The van der Waals surface area contributed by atoms with Crippen LogP contribution in [0, 0.1) is 0 Å². The number of nitrogens with one attached hydrogen (secondary N) is 2. The zero-order valence-electron chi connectivity index (χ0n) is 11.1. The van der Waals surface area contributed by atoms with Gasteiger partial charge in [-0.15, -0.1) is 0 Å². The van der Waals surface area contributed by atoms with Gasteiger partial charge in [-0.25, -0.2) is 4.79 Å². The van der Waals surface area contributed by atoms with Gasteiger partial charge in [-0.1, -0.05) is 11.6 Å². The van der Waals surface area contributed by atoms with E-state index >= 15 is 0 Å². The van der Waals surface area contributed by atoms with E-state index in [1.54, 1.807) is 25.1 Å². The molecule has 1 atom stereocenters. The Bertz CT molecular complexity index is 477. The molecule has 1 aromatic carbocycles. The largest absolute Gasteiger partial charge is 0.467 e. The first-order valence-corrected chi connectivity index (χ1v) is 6.29. The van der Waals surface area contributed by atoms with Crippen LogP contribution in [-0.2, 0) is 9.53 Å². The Hall–Kier alpha value is -1.75. The normalized spacial score (nSPS) is 11.6. The van der Waals surface area contributed by atoms with Crippen LogP contribution in [0.25, 0.3) is 0 Å². The molecule has 1 aromatic rings. The van der Waals surface area contributed by atoms with Crippen LogP contribution in [0.4, 0.5) is 5.69 Å². The first-order valence-electron chi connectivity index (χ1n) is 5.91. The summed E-state index contributed by atoms with van der Waals surface area (Å²) in [6, 6.07) is 4.26. The summed E-state index contributed by atoms with van der Waals surface area (Å²) >= 11 is 5.89. The zero-order chi connectivity index (χ0) is 14.4. The first kappa shape index (κ1) is 15.3. The van der Waals surface area contributed by atoms with Gasteiger partial charge in [0.05, 0.1) is 12.7 Å². The molecule has 5 nitrogen and oxygen atoms in total. The highest BCUT2D eigenvalue weighted by atomic mass is 35.5. The highest BCUT2D eigenvalue weighted by Crippen LogP contribution is 2.20. The maximum Gasteiger partial charge on any atom is 0.328 e. The molecule has 104 valence electrons. The van der Waals surface area contributed by atoms with E-state index < -0.39 is 12.0 Å². The molecule has 0 fully saturated rings. The molecule has 0 bridgehead atoms. The average molecular weight is 285 g/mol. The van der Waals surface area contributed by atoms with E-state index in [0.29, 0.717) is 22.8 Å². The number of esters is 1. The molecule has 19 heavy (non-hydrogen) atoms. The molecule has 0 heterocycles. The fourth-order valence-electron chi connectivity index (χ4n) is 1.56. The van der Waals surface area contributed by atoms with Crippen molar-refractivity contribution in [2.45, 2.75) is 19.9 Å². The number of ether oxygens (including phenoxy) is 1. The van der Waals surface area contributed by atoms with Crippen molar-refractivity contribution in [1.29, 1.82) is 0 Å². The van der Waals surface area contributed by atoms with Gasteiger partial charge in [-0.05, 0) is 32.0 Å². The Morgan fingerprint density at radius 1 is 1.42 bits per heavy atom. The molecule has 1 amide bonds. The Morgan fingerprint density at radius 3 is 2.68 bits per heavy atom. The molecule has 0 radical (unpaired) electrons. The van der Waals surface area contributed by atoms with Gasteiger partial charge in [0, 0.05) is 17.3 Å². The second-order valence-electron chi connectivity index (χ2n) is 3.94. The van der Waals surface area contributed by atoms with Crippen LogP contribution >= 0.6 is 11.6 Å². The number of hydrogen-bond donors (Lipinski definition) is 2. The van der Waals surface area contributed by atoms with Crippen LogP contribution in [0.3, 0.4) is 0 Å². The third-order valence-corrected chi connectivity index (χ3v) is 2.73. The molecule has 1 rings (SSSR count). The number of anilines is 1. The van der Waals surface area contributed by atoms with E-state index in [4.69, 9.17) is 11.6 Å². The van der Waals surface area contributed by atoms with Crippen LogP contribution < -0.4 is 10.6 Å². The molecule has 0 unspecified atom stereocenters. The third-order valence-electron chi connectivity index (χ3n) is 2.50. The molecule has 2 N–H and O–H groups in total. The number of carbonyl (C=O) groups is 2. The predicted molar refractivity (Wildman–Crippen MR) is 74.6 cm³/mol. The van der Waals surface area contributed by atoms with Gasteiger partial charge in [0.2, 0.25) is 0 Å². The summed E-state index contributed by atoms with van der Waals surface area (Å²) in [7, 11) is 1.27.